The lowest BCUT2D eigenvalue weighted by Gasteiger charge is -2.17. The van der Waals surface area contributed by atoms with E-state index >= 15 is 0 Å². The quantitative estimate of drug-likeness (QED) is 0.831. The van der Waals surface area contributed by atoms with Crippen molar-refractivity contribution in [1.82, 2.24) is 9.78 Å². The Morgan fingerprint density at radius 3 is 2.65 bits per heavy atom. The van der Waals surface area contributed by atoms with Gasteiger partial charge in [0.15, 0.2) is 5.82 Å². The summed E-state index contributed by atoms with van der Waals surface area (Å²) < 4.78 is 37.3. The molecule has 3 N–H and O–H groups in total. The van der Waals surface area contributed by atoms with Crippen molar-refractivity contribution >= 4 is 17.6 Å². The van der Waals surface area contributed by atoms with Gasteiger partial charge in [-0.05, 0) is 0 Å². The van der Waals surface area contributed by atoms with Crippen molar-refractivity contribution in [3.63, 3.8) is 0 Å². The van der Waals surface area contributed by atoms with Crippen LogP contribution in [0.1, 0.15) is 12.0 Å². The number of carboxylic acid groups (broad SMARTS) is 1. The molecule has 0 saturated carbocycles. The predicted octanol–water partition coefficient (Wildman–Crippen LogP) is 0.810. The third-order valence-electron chi connectivity index (χ3n) is 2.46. The van der Waals surface area contributed by atoms with Gasteiger partial charge in [-0.25, -0.2) is 4.68 Å². The number of aliphatic carboxylic acids is 1. The van der Waals surface area contributed by atoms with Crippen molar-refractivity contribution in [3.8, 4) is 6.07 Å². The normalized spacial score (nSPS) is 11.2. The maximum Gasteiger partial charge on any atom is 0.390 e. The standard InChI is InChI=1S/C10H12F3N5O2/c1-17(3-2-10(11,12)13)9-6(4-14)8(15)18(16-9)5-7(19)20/h2-3,5,15H2,1H3,(H,19,20). The Kier molecular flexibility index (Phi) is 4.44. The second kappa shape index (κ2) is 5.68. The number of rotatable bonds is 5. The lowest BCUT2D eigenvalue weighted by molar-refractivity contribution is -0.138. The molecule has 1 rings (SSSR count). The molecule has 0 bridgehead atoms. The lowest BCUT2D eigenvalue weighted by atomic mass is 10.3. The van der Waals surface area contributed by atoms with Gasteiger partial charge in [-0.3, -0.25) is 4.79 Å². The van der Waals surface area contributed by atoms with Gasteiger partial charge in [-0.1, -0.05) is 0 Å². The molecule has 0 radical (unpaired) electrons. The zero-order valence-electron chi connectivity index (χ0n) is 10.5. The van der Waals surface area contributed by atoms with Gasteiger partial charge in [-0.15, -0.1) is 0 Å². The van der Waals surface area contributed by atoms with Crippen molar-refractivity contribution in [2.45, 2.75) is 19.1 Å². The topological polar surface area (TPSA) is 108 Å². The van der Waals surface area contributed by atoms with E-state index in [2.05, 4.69) is 5.10 Å². The average molecular weight is 291 g/mol. The highest BCUT2D eigenvalue weighted by atomic mass is 19.4. The Morgan fingerprint density at radius 2 is 2.20 bits per heavy atom. The summed E-state index contributed by atoms with van der Waals surface area (Å²) in [5, 5.41) is 21.4. The number of carbonyl (C=O) groups is 1. The fraction of sp³-hybridized carbons (Fsp3) is 0.500. The van der Waals surface area contributed by atoms with Gasteiger partial charge in [0.25, 0.3) is 0 Å². The van der Waals surface area contributed by atoms with Crippen LogP contribution >= 0.6 is 0 Å². The molecule has 0 aliphatic carbocycles. The summed E-state index contributed by atoms with van der Waals surface area (Å²) in [6.07, 6.45) is -5.42. The summed E-state index contributed by atoms with van der Waals surface area (Å²) in [4.78, 5) is 11.7. The van der Waals surface area contributed by atoms with Crippen LogP contribution in [0.15, 0.2) is 0 Å². The highest BCUT2D eigenvalue weighted by Gasteiger charge is 2.28. The van der Waals surface area contributed by atoms with Crippen LogP contribution < -0.4 is 10.6 Å². The minimum atomic E-state index is -4.34. The zero-order valence-corrected chi connectivity index (χ0v) is 10.5. The Bertz CT molecular complexity index is 546. The number of nitrogen functional groups attached to an aromatic ring is 1. The summed E-state index contributed by atoms with van der Waals surface area (Å²) in [5.74, 6) is -1.49. The second-order valence-electron chi connectivity index (χ2n) is 4.03. The van der Waals surface area contributed by atoms with Gasteiger partial charge in [0.05, 0.1) is 6.42 Å². The van der Waals surface area contributed by atoms with Gasteiger partial charge in [0, 0.05) is 13.6 Å². The smallest absolute Gasteiger partial charge is 0.390 e. The summed E-state index contributed by atoms with van der Waals surface area (Å²) >= 11 is 0. The van der Waals surface area contributed by atoms with E-state index in [4.69, 9.17) is 16.1 Å². The maximum absolute atomic E-state index is 12.2. The predicted molar refractivity (Wildman–Crippen MR) is 62.9 cm³/mol. The van der Waals surface area contributed by atoms with Crippen LogP contribution in [-0.2, 0) is 11.3 Å². The monoisotopic (exact) mass is 291 g/mol. The number of nitrogens with two attached hydrogens (primary N) is 1. The molecule has 0 aliphatic heterocycles. The first-order valence-corrected chi connectivity index (χ1v) is 5.41. The third-order valence-corrected chi connectivity index (χ3v) is 2.46. The van der Waals surface area contributed by atoms with E-state index in [1.165, 1.54) is 7.05 Å². The first kappa shape index (κ1) is 15.6. The Morgan fingerprint density at radius 1 is 1.60 bits per heavy atom. The van der Waals surface area contributed by atoms with E-state index in [9.17, 15) is 18.0 Å². The largest absolute Gasteiger partial charge is 0.480 e. The SMILES string of the molecule is CN(CCC(F)(F)F)c1nn(CC(=O)O)c(N)c1C#N. The highest BCUT2D eigenvalue weighted by molar-refractivity contribution is 5.70. The Labute approximate surface area is 112 Å². The van der Waals surface area contributed by atoms with Crippen molar-refractivity contribution in [1.29, 1.82) is 5.26 Å². The van der Waals surface area contributed by atoms with Crippen LogP contribution in [0.3, 0.4) is 0 Å². The van der Waals surface area contributed by atoms with Crippen LogP contribution in [0.5, 0.6) is 0 Å². The number of hydrogen-bond acceptors (Lipinski definition) is 5. The number of carboxylic acids is 1. The molecule has 0 atom stereocenters. The first-order chi connectivity index (χ1) is 9.15. The number of aromatic nitrogens is 2. The van der Waals surface area contributed by atoms with Gasteiger partial charge in [-0.2, -0.15) is 23.5 Å². The number of hydrogen-bond donors (Lipinski definition) is 2. The van der Waals surface area contributed by atoms with Crippen molar-refractivity contribution < 1.29 is 23.1 Å². The number of nitriles is 1. The summed E-state index contributed by atoms with van der Waals surface area (Å²) in [7, 11) is 1.32. The van der Waals surface area contributed by atoms with Crippen LogP contribution in [0.4, 0.5) is 24.8 Å². The molecule has 1 aromatic rings. The van der Waals surface area contributed by atoms with Gasteiger partial charge >= 0.3 is 12.1 Å². The molecular formula is C10H12F3N5O2. The first-order valence-electron chi connectivity index (χ1n) is 5.41. The van der Waals surface area contributed by atoms with E-state index in [1.54, 1.807) is 6.07 Å². The molecule has 20 heavy (non-hydrogen) atoms. The maximum atomic E-state index is 12.2. The zero-order chi connectivity index (χ0) is 15.5. The minimum Gasteiger partial charge on any atom is -0.480 e. The van der Waals surface area contributed by atoms with Crippen LogP contribution in [0.2, 0.25) is 0 Å². The van der Waals surface area contributed by atoms with Crippen molar-refractivity contribution in [2.24, 2.45) is 0 Å². The van der Waals surface area contributed by atoms with Gasteiger partial charge in [0.2, 0.25) is 0 Å². The molecule has 0 amide bonds. The molecule has 0 saturated heterocycles. The second-order valence-corrected chi connectivity index (χ2v) is 4.03. The number of nitrogens with zero attached hydrogens (tertiary/aromatic N) is 4. The van der Waals surface area contributed by atoms with Crippen molar-refractivity contribution in [2.75, 3.05) is 24.2 Å². The molecule has 110 valence electrons. The highest BCUT2D eigenvalue weighted by Crippen LogP contribution is 2.26. The van der Waals surface area contributed by atoms with Crippen LogP contribution in [0, 0.1) is 11.3 Å². The van der Waals surface area contributed by atoms with Gasteiger partial charge in [0.1, 0.15) is 24.0 Å². The van der Waals surface area contributed by atoms with E-state index in [-0.39, 0.29) is 17.2 Å². The molecule has 0 aromatic carbocycles. The molecule has 1 aromatic heterocycles. The minimum absolute atomic E-state index is 0.0736. The van der Waals surface area contributed by atoms with Crippen LogP contribution in [0.25, 0.3) is 0 Å². The average Bonchev–Trinajstić information content (AvgIpc) is 2.61. The summed E-state index contributed by atoms with van der Waals surface area (Å²) in [5.41, 5.74) is 5.41. The number of anilines is 2. The molecule has 10 heteroatoms. The fourth-order valence-electron chi connectivity index (χ4n) is 1.49. The summed E-state index contributed by atoms with van der Waals surface area (Å²) in [6.45, 7) is -0.991. The summed E-state index contributed by atoms with van der Waals surface area (Å²) in [6, 6.07) is 1.71. The number of alkyl halides is 3. The van der Waals surface area contributed by atoms with E-state index < -0.39 is 31.7 Å². The van der Waals surface area contributed by atoms with Crippen molar-refractivity contribution in [3.05, 3.63) is 5.56 Å². The molecular weight excluding hydrogens is 279 g/mol. The molecule has 0 fully saturated rings. The van der Waals surface area contributed by atoms with Crippen LogP contribution in [-0.4, -0.2) is 40.6 Å². The molecule has 0 unspecified atom stereocenters. The fourth-order valence-corrected chi connectivity index (χ4v) is 1.49. The molecule has 0 aliphatic rings. The van der Waals surface area contributed by atoms with Gasteiger partial charge < -0.3 is 15.7 Å². The lowest BCUT2D eigenvalue weighted by Crippen LogP contribution is -2.25. The van der Waals surface area contributed by atoms with E-state index in [0.29, 0.717) is 0 Å². The Hall–Kier alpha value is -2.44. The Balaban J connectivity index is 2.99. The third kappa shape index (κ3) is 3.78. The van der Waals surface area contributed by atoms with E-state index in [0.717, 1.165) is 9.58 Å². The molecule has 7 nitrogen and oxygen atoms in total. The molecule has 1 heterocycles. The molecule has 0 spiro atoms. The number of halogens is 3. The van der Waals surface area contributed by atoms with E-state index in [1.807, 2.05) is 0 Å².